The fraction of sp³-hybridized carbons (Fsp3) is 0.923. The van der Waals surface area contributed by atoms with Crippen molar-refractivity contribution in [2.24, 2.45) is 5.92 Å². The summed E-state index contributed by atoms with van der Waals surface area (Å²) >= 11 is 0. The van der Waals surface area contributed by atoms with Gasteiger partial charge < -0.3 is 5.32 Å². The molecule has 112 valence electrons. The molecule has 0 unspecified atom stereocenters. The summed E-state index contributed by atoms with van der Waals surface area (Å²) in [6.45, 7) is 8.51. The molecule has 0 saturated carbocycles. The number of hydrogen-bond donors (Lipinski definition) is 1. The molecule has 1 N–H and O–H groups in total. The first kappa shape index (κ1) is 16.4. The van der Waals surface area contributed by atoms with Crippen molar-refractivity contribution >= 4 is 15.9 Å². The number of nitrogens with one attached hydrogen (secondary N) is 1. The van der Waals surface area contributed by atoms with Gasteiger partial charge in [-0.2, -0.15) is 0 Å². The highest BCUT2D eigenvalue weighted by Crippen LogP contribution is 2.20. The molecule has 19 heavy (non-hydrogen) atoms. The van der Waals surface area contributed by atoms with E-state index in [1.54, 1.807) is 0 Å². The van der Waals surface area contributed by atoms with Gasteiger partial charge in [-0.15, -0.1) is 0 Å². The molecule has 1 heterocycles. The molecule has 1 rings (SSSR count). The van der Waals surface area contributed by atoms with Crippen LogP contribution in [0.4, 0.5) is 0 Å². The van der Waals surface area contributed by atoms with Gasteiger partial charge in [0.15, 0.2) is 0 Å². The van der Waals surface area contributed by atoms with E-state index in [2.05, 4.69) is 5.32 Å². The smallest absolute Gasteiger partial charge is 0.224 e. The second-order valence-corrected chi connectivity index (χ2v) is 8.34. The summed E-state index contributed by atoms with van der Waals surface area (Å²) in [4.78, 5) is 12.1. The minimum absolute atomic E-state index is 0.0381. The van der Waals surface area contributed by atoms with Crippen molar-refractivity contribution in [3.05, 3.63) is 0 Å². The quantitative estimate of drug-likeness (QED) is 0.850. The zero-order valence-electron chi connectivity index (χ0n) is 12.4. The molecule has 0 bridgehead atoms. The van der Waals surface area contributed by atoms with E-state index in [4.69, 9.17) is 0 Å². The van der Waals surface area contributed by atoms with Crippen LogP contribution in [-0.2, 0) is 14.8 Å². The van der Waals surface area contributed by atoms with Crippen molar-refractivity contribution in [1.29, 1.82) is 0 Å². The van der Waals surface area contributed by atoms with E-state index in [1.165, 1.54) is 4.31 Å². The number of amides is 1. The van der Waals surface area contributed by atoms with Crippen LogP contribution in [0, 0.1) is 5.92 Å². The topological polar surface area (TPSA) is 66.5 Å². The molecule has 0 aromatic rings. The lowest BCUT2D eigenvalue weighted by molar-refractivity contribution is -0.127. The molecule has 0 aromatic heterocycles. The van der Waals surface area contributed by atoms with Crippen LogP contribution in [0.1, 0.15) is 47.0 Å². The summed E-state index contributed by atoms with van der Waals surface area (Å²) in [5.74, 6) is -0.0934. The summed E-state index contributed by atoms with van der Waals surface area (Å²) in [7, 11) is -3.19. The number of hydrogen-bond acceptors (Lipinski definition) is 3. The molecule has 0 spiro atoms. The highest BCUT2D eigenvalue weighted by Gasteiger charge is 2.32. The first-order valence-corrected chi connectivity index (χ1v) is 8.56. The Hall–Kier alpha value is -0.620. The van der Waals surface area contributed by atoms with E-state index in [-0.39, 0.29) is 23.1 Å². The number of nitrogens with zero attached hydrogens (tertiary/aromatic N) is 1. The predicted octanol–water partition coefficient (Wildman–Crippen LogP) is 1.35. The van der Waals surface area contributed by atoms with E-state index in [0.29, 0.717) is 19.5 Å². The Bertz CT molecular complexity index is 412. The minimum Gasteiger partial charge on any atom is -0.351 e. The van der Waals surface area contributed by atoms with Gasteiger partial charge in [-0.3, -0.25) is 4.79 Å². The van der Waals surface area contributed by atoms with Crippen LogP contribution < -0.4 is 5.32 Å². The van der Waals surface area contributed by atoms with Crippen LogP contribution in [0.25, 0.3) is 0 Å². The summed E-state index contributed by atoms with van der Waals surface area (Å²) in [6, 6.07) is 0. The number of carbonyl (C=O) groups excluding carboxylic acids is 1. The predicted molar refractivity (Wildman–Crippen MR) is 76.3 cm³/mol. The lowest BCUT2D eigenvalue weighted by atomic mass is 9.97. The molecular formula is C13H26N2O3S. The highest BCUT2D eigenvalue weighted by atomic mass is 32.2. The molecule has 1 aliphatic heterocycles. The average Bonchev–Trinajstić information content (AvgIpc) is 2.27. The lowest BCUT2D eigenvalue weighted by Crippen LogP contribution is -2.50. The Morgan fingerprint density at radius 2 is 2.00 bits per heavy atom. The van der Waals surface area contributed by atoms with Crippen molar-refractivity contribution in [2.45, 2.75) is 52.5 Å². The molecule has 0 radical (unpaired) electrons. The SMILES string of the molecule is CCCS(=O)(=O)N1CCC[C@H](C(=O)NC(C)(C)C)C1. The monoisotopic (exact) mass is 290 g/mol. The van der Waals surface area contributed by atoms with Crippen LogP contribution in [0.2, 0.25) is 0 Å². The molecule has 0 aliphatic carbocycles. The van der Waals surface area contributed by atoms with Gasteiger partial charge >= 0.3 is 0 Å². The fourth-order valence-electron chi connectivity index (χ4n) is 2.27. The van der Waals surface area contributed by atoms with Crippen molar-refractivity contribution in [3.63, 3.8) is 0 Å². The number of piperidine rings is 1. The summed E-state index contributed by atoms with van der Waals surface area (Å²) < 4.78 is 25.5. The van der Waals surface area contributed by atoms with Gasteiger partial charge in [0, 0.05) is 18.6 Å². The van der Waals surface area contributed by atoms with Gasteiger partial charge in [-0.1, -0.05) is 6.92 Å². The standard InChI is InChI=1S/C13H26N2O3S/c1-5-9-19(17,18)15-8-6-7-11(10-15)12(16)14-13(2,3)4/h11H,5-10H2,1-4H3,(H,14,16)/t11-/m0/s1. The number of rotatable bonds is 4. The van der Waals surface area contributed by atoms with Gasteiger partial charge in [0.1, 0.15) is 0 Å². The zero-order chi connectivity index (χ0) is 14.7. The zero-order valence-corrected chi connectivity index (χ0v) is 13.2. The molecule has 1 saturated heterocycles. The van der Waals surface area contributed by atoms with Crippen molar-refractivity contribution in [2.75, 3.05) is 18.8 Å². The summed E-state index contributed by atoms with van der Waals surface area (Å²) in [5, 5.41) is 2.93. The third kappa shape index (κ3) is 5.10. The van der Waals surface area contributed by atoms with Crippen LogP contribution >= 0.6 is 0 Å². The normalized spacial score (nSPS) is 22.2. The first-order valence-electron chi connectivity index (χ1n) is 6.95. The number of sulfonamides is 1. The molecule has 1 fully saturated rings. The van der Waals surface area contributed by atoms with Crippen molar-refractivity contribution in [1.82, 2.24) is 9.62 Å². The molecule has 5 nitrogen and oxygen atoms in total. The second kappa shape index (κ2) is 6.22. The van der Waals surface area contributed by atoms with E-state index in [9.17, 15) is 13.2 Å². The van der Waals surface area contributed by atoms with E-state index < -0.39 is 10.0 Å². The Kier molecular flexibility index (Phi) is 5.38. The maximum atomic E-state index is 12.1. The maximum Gasteiger partial charge on any atom is 0.224 e. The lowest BCUT2D eigenvalue weighted by Gasteiger charge is -2.33. The van der Waals surface area contributed by atoms with Crippen LogP contribution in [0.15, 0.2) is 0 Å². The van der Waals surface area contributed by atoms with Gasteiger partial charge in [0.2, 0.25) is 15.9 Å². The molecule has 1 aliphatic rings. The van der Waals surface area contributed by atoms with Crippen LogP contribution in [0.3, 0.4) is 0 Å². The Morgan fingerprint density at radius 3 is 2.53 bits per heavy atom. The summed E-state index contributed by atoms with van der Waals surface area (Å²) in [6.07, 6.45) is 2.13. The van der Waals surface area contributed by atoms with Gasteiger partial charge in [0.25, 0.3) is 0 Å². The molecular weight excluding hydrogens is 264 g/mol. The maximum absolute atomic E-state index is 12.1. The number of carbonyl (C=O) groups is 1. The Balaban J connectivity index is 2.67. The van der Waals surface area contributed by atoms with Gasteiger partial charge in [-0.25, -0.2) is 12.7 Å². The largest absolute Gasteiger partial charge is 0.351 e. The molecule has 1 amide bonds. The minimum atomic E-state index is -3.19. The van der Waals surface area contributed by atoms with E-state index in [0.717, 1.165) is 12.8 Å². The highest BCUT2D eigenvalue weighted by molar-refractivity contribution is 7.89. The Morgan fingerprint density at radius 1 is 1.37 bits per heavy atom. The first-order chi connectivity index (χ1) is 8.65. The average molecular weight is 290 g/mol. The van der Waals surface area contributed by atoms with Crippen LogP contribution in [0.5, 0.6) is 0 Å². The van der Waals surface area contributed by atoms with Crippen LogP contribution in [-0.4, -0.2) is 43.0 Å². The van der Waals surface area contributed by atoms with Crippen molar-refractivity contribution < 1.29 is 13.2 Å². The van der Waals surface area contributed by atoms with E-state index in [1.807, 2.05) is 27.7 Å². The third-order valence-electron chi connectivity index (χ3n) is 3.11. The van der Waals surface area contributed by atoms with Gasteiger partial charge in [0.05, 0.1) is 11.7 Å². The van der Waals surface area contributed by atoms with E-state index >= 15 is 0 Å². The Labute approximate surface area is 116 Å². The fourth-order valence-corrected chi connectivity index (χ4v) is 3.86. The van der Waals surface area contributed by atoms with Crippen molar-refractivity contribution in [3.8, 4) is 0 Å². The molecule has 6 heteroatoms. The molecule has 1 atom stereocenters. The summed E-state index contributed by atoms with van der Waals surface area (Å²) in [5.41, 5.74) is -0.276. The van der Waals surface area contributed by atoms with Gasteiger partial charge in [-0.05, 0) is 40.0 Å². The molecule has 0 aromatic carbocycles. The second-order valence-electron chi connectivity index (χ2n) is 6.25. The third-order valence-corrected chi connectivity index (χ3v) is 5.15.